The summed E-state index contributed by atoms with van der Waals surface area (Å²) in [5.74, 6) is -0.00160. The zero-order valence-electron chi connectivity index (χ0n) is 13.6. The Bertz CT molecular complexity index is 856. The summed E-state index contributed by atoms with van der Waals surface area (Å²) in [6, 6.07) is 16.5. The summed E-state index contributed by atoms with van der Waals surface area (Å²) in [4.78, 5) is 14.5. The third kappa shape index (κ3) is 4.41. The molecule has 1 fully saturated rings. The fourth-order valence-electron chi connectivity index (χ4n) is 2.99. The van der Waals surface area contributed by atoms with E-state index in [1.165, 1.54) is 0 Å². The molecule has 1 atom stereocenters. The van der Waals surface area contributed by atoms with Crippen molar-refractivity contribution >= 4 is 43.0 Å². The summed E-state index contributed by atoms with van der Waals surface area (Å²) in [6.45, 7) is 0.0913. The van der Waals surface area contributed by atoms with Crippen LogP contribution in [0.1, 0.15) is 6.42 Å². The Morgan fingerprint density at radius 3 is 2.44 bits per heavy atom. The zero-order valence-corrected chi connectivity index (χ0v) is 16.0. The standard InChI is InChI=1S/C18H19BrN2O3S/c19-16-8-4-5-9-17(16)20-12-18(22)21(14-6-2-1-3-7-14)15-10-11-25(23,24)13-15/h1-9,15,20H,10-13H2. The van der Waals surface area contributed by atoms with Gasteiger partial charge in [0.2, 0.25) is 5.91 Å². The van der Waals surface area contributed by atoms with Crippen LogP contribution in [0.4, 0.5) is 11.4 Å². The van der Waals surface area contributed by atoms with Crippen molar-refractivity contribution in [2.75, 3.05) is 28.3 Å². The minimum absolute atomic E-state index is 0.0165. The molecule has 1 N–H and O–H groups in total. The van der Waals surface area contributed by atoms with E-state index in [0.717, 1.165) is 15.8 Å². The minimum Gasteiger partial charge on any atom is -0.375 e. The first kappa shape index (κ1) is 17.9. The molecule has 1 amide bonds. The lowest BCUT2D eigenvalue weighted by molar-refractivity contribution is -0.117. The van der Waals surface area contributed by atoms with E-state index in [1.54, 1.807) is 4.90 Å². The Kier molecular flexibility index (Phi) is 5.44. The Morgan fingerprint density at radius 2 is 1.80 bits per heavy atom. The van der Waals surface area contributed by atoms with Gasteiger partial charge in [0, 0.05) is 15.8 Å². The molecule has 1 aliphatic rings. The van der Waals surface area contributed by atoms with Gasteiger partial charge < -0.3 is 10.2 Å². The normalized spacial score (nSPS) is 18.7. The van der Waals surface area contributed by atoms with Crippen LogP contribution in [0, 0.1) is 0 Å². The highest BCUT2D eigenvalue weighted by molar-refractivity contribution is 9.10. The summed E-state index contributed by atoms with van der Waals surface area (Å²) >= 11 is 3.44. The van der Waals surface area contributed by atoms with Crippen LogP contribution in [0.15, 0.2) is 59.1 Å². The van der Waals surface area contributed by atoms with Crippen molar-refractivity contribution in [3.63, 3.8) is 0 Å². The lowest BCUT2D eigenvalue weighted by atomic mass is 10.1. The van der Waals surface area contributed by atoms with Crippen LogP contribution in [-0.4, -0.2) is 38.4 Å². The molecule has 1 aliphatic heterocycles. The van der Waals surface area contributed by atoms with Crippen LogP contribution in [0.3, 0.4) is 0 Å². The average Bonchev–Trinajstić information content (AvgIpc) is 2.95. The van der Waals surface area contributed by atoms with Gasteiger partial charge in [-0.15, -0.1) is 0 Å². The number of amides is 1. The molecule has 2 aromatic carbocycles. The second-order valence-electron chi connectivity index (χ2n) is 5.99. The summed E-state index contributed by atoms with van der Waals surface area (Å²) in [6.07, 6.45) is 0.470. The van der Waals surface area contributed by atoms with E-state index in [4.69, 9.17) is 0 Å². The quantitative estimate of drug-likeness (QED) is 0.803. The second kappa shape index (κ2) is 7.58. The fourth-order valence-corrected chi connectivity index (χ4v) is 5.11. The molecule has 1 saturated heterocycles. The van der Waals surface area contributed by atoms with Gasteiger partial charge in [0.05, 0.1) is 24.1 Å². The third-order valence-electron chi connectivity index (χ3n) is 4.18. The van der Waals surface area contributed by atoms with E-state index in [-0.39, 0.29) is 30.0 Å². The maximum atomic E-state index is 12.9. The smallest absolute Gasteiger partial charge is 0.246 e. The molecule has 1 heterocycles. The maximum Gasteiger partial charge on any atom is 0.246 e. The van der Waals surface area contributed by atoms with Crippen molar-refractivity contribution in [2.45, 2.75) is 12.5 Å². The van der Waals surface area contributed by atoms with Gasteiger partial charge in [-0.3, -0.25) is 4.79 Å². The number of halogens is 1. The largest absolute Gasteiger partial charge is 0.375 e. The van der Waals surface area contributed by atoms with Gasteiger partial charge in [-0.25, -0.2) is 8.42 Å². The number of benzene rings is 2. The summed E-state index contributed by atoms with van der Waals surface area (Å²) < 4.78 is 24.6. The number of para-hydroxylation sites is 2. The number of carbonyl (C=O) groups excluding carboxylic acids is 1. The molecule has 3 rings (SSSR count). The van der Waals surface area contributed by atoms with Crippen LogP contribution >= 0.6 is 15.9 Å². The van der Waals surface area contributed by atoms with E-state index in [1.807, 2.05) is 54.6 Å². The maximum absolute atomic E-state index is 12.9. The van der Waals surface area contributed by atoms with E-state index >= 15 is 0 Å². The van der Waals surface area contributed by atoms with Crippen LogP contribution in [-0.2, 0) is 14.6 Å². The zero-order chi connectivity index (χ0) is 17.9. The molecule has 0 bridgehead atoms. The highest BCUT2D eigenvalue weighted by atomic mass is 79.9. The van der Waals surface area contributed by atoms with Gasteiger partial charge in [0.25, 0.3) is 0 Å². The Labute approximate surface area is 156 Å². The van der Waals surface area contributed by atoms with E-state index in [2.05, 4.69) is 21.2 Å². The monoisotopic (exact) mass is 422 g/mol. The van der Waals surface area contributed by atoms with Gasteiger partial charge in [-0.05, 0) is 46.6 Å². The Morgan fingerprint density at radius 1 is 1.12 bits per heavy atom. The third-order valence-corrected chi connectivity index (χ3v) is 6.62. The van der Waals surface area contributed by atoms with Crippen molar-refractivity contribution in [3.05, 3.63) is 59.1 Å². The van der Waals surface area contributed by atoms with Gasteiger partial charge in [0.15, 0.2) is 9.84 Å². The molecule has 5 nitrogen and oxygen atoms in total. The van der Waals surface area contributed by atoms with Crippen molar-refractivity contribution in [3.8, 4) is 0 Å². The van der Waals surface area contributed by atoms with Crippen LogP contribution < -0.4 is 10.2 Å². The molecule has 7 heteroatoms. The number of rotatable bonds is 5. The molecule has 0 saturated carbocycles. The van der Waals surface area contributed by atoms with Crippen molar-refractivity contribution < 1.29 is 13.2 Å². The first-order chi connectivity index (χ1) is 12.0. The van der Waals surface area contributed by atoms with Gasteiger partial charge in [-0.1, -0.05) is 30.3 Å². The van der Waals surface area contributed by atoms with Crippen LogP contribution in [0.5, 0.6) is 0 Å². The first-order valence-electron chi connectivity index (χ1n) is 8.02. The Hall–Kier alpha value is -1.86. The molecular formula is C18H19BrN2O3S. The molecule has 0 aromatic heterocycles. The number of nitrogens with zero attached hydrogens (tertiary/aromatic N) is 1. The lowest BCUT2D eigenvalue weighted by Crippen LogP contribution is -2.44. The number of hydrogen-bond acceptors (Lipinski definition) is 4. The molecule has 1 unspecified atom stereocenters. The number of hydrogen-bond donors (Lipinski definition) is 1. The minimum atomic E-state index is -3.08. The number of anilines is 2. The van der Waals surface area contributed by atoms with E-state index in [0.29, 0.717) is 6.42 Å². The fraction of sp³-hybridized carbons (Fsp3) is 0.278. The van der Waals surface area contributed by atoms with E-state index < -0.39 is 9.84 Å². The second-order valence-corrected chi connectivity index (χ2v) is 9.07. The average molecular weight is 423 g/mol. The topological polar surface area (TPSA) is 66.5 Å². The summed E-state index contributed by atoms with van der Waals surface area (Å²) in [7, 11) is -3.08. The van der Waals surface area contributed by atoms with Gasteiger partial charge in [-0.2, -0.15) is 0 Å². The molecular weight excluding hydrogens is 404 g/mol. The molecule has 0 aliphatic carbocycles. The number of carbonyl (C=O) groups is 1. The molecule has 132 valence electrons. The van der Waals surface area contributed by atoms with Crippen LogP contribution in [0.25, 0.3) is 0 Å². The SMILES string of the molecule is O=C(CNc1ccccc1Br)N(c1ccccc1)C1CCS(=O)(=O)C1. The van der Waals surface area contributed by atoms with Crippen molar-refractivity contribution in [1.29, 1.82) is 0 Å². The van der Waals surface area contributed by atoms with Crippen molar-refractivity contribution in [1.82, 2.24) is 0 Å². The predicted molar refractivity (Wildman–Crippen MR) is 104 cm³/mol. The predicted octanol–water partition coefficient (Wildman–Crippen LogP) is 3.08. The molecule has 2 aromatic rings. The highest BCUT2D eigenvalue weighted by Crippen LogP contribution is 2.25. The number of sulfone groups is 1. The van der Waals surface area contributed by atoms with Crippen LogP contribution in [0.2, 0.25) is 0 Å². The summed E-state index contributed by atoms with van der Waals surface area (Å²) in [5, 5.41) is 3.12. The molecule has 25 heavy (non-hydrogen) atoms. The molecule has 0 spiro atoms. The molecule has 0 radical (unpaired) electrons. The Balaban J connectivity index is 1.79. The van der Waals surface area contributed by atoms with E-state index in [9.17, 15) is 13.2 Å². The van der Waals surface area contributed by atoms with Crippen molar-refractivity contribution in [2.24, 2.45) is 0 Å². The van der Waals surface area contributed by atoms with Gasteiger partial charge >= 0.3 is 0 Å². The summed E-state index contributed by atoms with van der Waals surface area (Å²) in [5.41, 5.74) is 1.55. The number of nitrogens with one attached hydrogen (secondary N) is 1. The lowest BCUT2D eigenvalue weighted by Gasteiger charge is -2.28. The van der Waals surface area contributed by atoms with Gasteiger partial charge in [0.1, 0.15) is 0 Å². The first-order valence-corrected chi connectivity index (χ1v) is 10.6. The highest BCUT2D eigenvalue weighted by Gasteiger charge is 2.35.